The van der Waals surface area contributed by atoms with Crippen molar-refractivity contribution in [1.82, 2.24) is 19.9 Å². The van der Waals surface area contributed by atoms with Gasteiger partial charge in [-0.3, -0.25) is 0 Å². The van der Waals surface area contributed by atoms with E-state index in [0.717, 1.165) is 5.69 Å². The van der Waals surface area contributed by atoms with Gasteiger partial charge in [0.2, 0.25) is 5.88 Å². The van der Waals surface area contributed by atoms with Gasteiger partial charge in [-0.25, -0.2) is 9.97 Å². The van der Waals surface area contributed by atoms with E-state index >= 15 is 0 Å². The smallest absolute Gasteiger partial charge is 0.232 e. The van der Waals surface area contributed by atoms with Crippen LogP contribution in [0.2, 0.25) is 10.0 Å². The molecule has 0 amide bonds. The van der Waals surface area contributed by atoms with Gasteiger partial charge in [0, 0.05) is 32.5 Å². The van der Waals surface area contributed by atoms with Crippen molar-refractivity contribution in [2.45, 2.75) is 6.54 Å². The van der Waals surface area contributed by atoms with Crippen LogP contribution < -0.4 is 10.1 Å². The number of pyridine rings is 1. The number of imidazole rings is 1. The lowest BCUT2D eigenvalue weighted by Gasteiger charge is -2.07. The maximum Gasteiger partial charge on any atom is 0.232 e. The number of aryl methyl sites for hydroxylation is 1. The monoisotopic (exact) mass is 300 g/mol. The highest BCUT2D eigenvalue weighted by molar-refractivity contribution is 6.35. The molecule has 0 bridgehead atoms. The second kappa shape index (κ2) is 6.75. The molecule has 0 saturated heterocycles. The van der Waals surface area contributed by atoms with Crippen LogP contribution in [0.4, 0.5) is 0 Å². The fraction of sp³-hybridized carbons (Fsp3) is 0.333. The summed E-state index contributed by atoms with van der Waals surface area (Å²) in [6.07, 6.45) is 5.24. The summed E-state index contributed by atoms with van der Waals surface area (Å²) < 4.78 is 7.35. The van der Waals surface area contributed by atoms with Gasteiger partial charge >= 0.3 is 0 Å². The van der Waals surface area contributed by atoms with E-state index in [1.807, 2.05) is 17.8 Å². The molecule has 0 unspecified atom stereocenters. The Morgan fingerprint density at radius 1 is 1.37 bits per heavy atom. The molecule has 0 aliphatic rings. The Balaban J connectivity index is 1.69. The second-order valence-electron chi connectivity index (χ2n) is 4.00. The Hall–Kier alpha value is -1.30. The topological polar surface area (TPSA) is 52.0 Å². The average Bonchev–Trinajstić information content (AvgIpc) is 2.77. The Kier molecular flexibility index (Phi) is 5.01. The van der Waals surface area contributed by atoms with Crippen molar-refractivity contribution >= 4 is 23.2 Å². The van der Waals surface area contributed by atoms with Crippen molar-refractivity contribution in [3.05, 3.63) is 40.5 Å². The van der Waals surface area contributed by atoms with Crippen LogP contribution in [-0.2, 0) is 13.6 Å². The molecule has 19 heavy (non-hydrogen) atoms. The third kappa shape index (κ3) is 4.38. The number of hydrogen-bond donors (Lipinski definition) is 1. The highest BCUT2D eigenvalue weighted by Gasteiger charge is 2.03. The van der Waals surface area contributed by atoms with E-state index in [9.17, 15) is 0 Å². The summed E-state index contributed by atoms with van der Waals surface area (Å²) in [4.78, 5) is 8.21. The van der Waals surface area contributed by atoms with Gasteiger partial charge in [0.25, 0.3) is 0 Å². The molecule has 1 N–H and O–H groups in total. The van der Waals surface area contributed by atoms with E-state index in [1.165, 1.54) is 6.20 Å². The molecule has 7 heteroatoms. The minimum Gasteiger partial charge on any atom is -0.475 e. The number of nitrogens with zero attached hydrogens (tertiary/aromatic N) is 3. The summed E-state index contributed by atoms with van der Waals surface area (Å²) in [7, 11) is 1.94. The maximum absolute atomic E-state index is 5.94. The third-order valence-electron chi connectivity index (χ3n) is 2.36. The molecule has 0 aliphatic heterocycles. The van der Waals surface area contributed by atoms with Crippen LogP contribution in [0.5, 0.6) is 5.88 Å². The molecule has 2 heterocycles. The predicted molar refractivity (Wildman–Crippen MR) is 74.7 cm³/mol. The third-order valence-corrected chi connectivity index (χ3v) is 2.83. The van der Waals surface area contributed by atoms with Crippen molar-refractivity contribution in [2.75, 3.05) is 13.2 Å². The first-order valence-electron chi connectivity index (χ1n) is 5.76. The van der Waals surface area contributed by atoms with Crippen LogP contribution in [0.1, 0.15) is 5.69 Å². The minimum absolute atomic E-state index is 0.394. The lowest BCUT2D eigenvalue weighted by Crippen LogP contribution is -2.21. The summed E-state index contributed by atoms with van der Waals surface area (Å²) in [5.41, 5.74) is 0.991. The average molecular weight is 301 g/mol. The summed E-state index contributed by atoms with van der Waals surface area (Å²) in [5, 5.41) is 4.12. The zero-order valence-corrected chi connectivity index (χ0v) is 11.9. The molecular formula is C12H14Cl2N4O. The van der Waals surface area contributed by atoms with Crippen LogP contribution in [-0.4, -0.2) is 27.7 Å². The van der Waals surface area contributed by atoms with Crippen LogP contribution >= 0.6 is 23.2 Å². The normalized spacial score (nSPS) is 10.7. The van der Waals surface area contributed by atoms with Crippen molar-refractivity contribution in [2.24, 2.45) is 7.05 Å². The Labute approximate surface area is 121 Å². The first kappa shape index (κ1) is 14.1. The molecule has 0 aliphatic carbocycles. The van der Waals surface area contributed by atoms with Gasteiger partial charge in [-0.1, -0.05) is 23.2 Å². The van der Waals surface area contributed by atoms with Gasteiger partial charge in [0.05, 0.1) is 17.0 Å². The zero-order chi connectivity index (χ0) is 13.7. The van der Waals surface area contributed by atoms with E-state index in [4.69, 9.17) is 27.9 Å². The van der Waals surface area contributed by atoms with Gasteiger partial charge in [-0.15, -0.1) is 0 Å². The molecular weight excluding hydrogens is 287 g/mol. The van der Waals surface area contributed by atoms with Crippen LogP contribution in [0, 0.1) is 0 Å². The summed E-state index contributed by atoms with van der Waals surface area (Å²) in [6.45, 7) is 1.85. The number of nitrogens with one attached hydrogen (secondary N) is 1. The molecule has 0 atom stereocenters. The van der Waals surface area contributed by atoms with Crippen LogP contribution in [0.25, 0.3) is 0 Å². The number of aromatic nitrogens is 3. The second-order valence-corrected chi connectivity index (χ2v) is 4.84. The fourth-order valence-corrected chi connectivity index (χ4v) is 1.94. The number of halogens is 2. The first-order chi connectivity index (χ1) is 9.15. The number of rotatable bonds is 6. The first-order valence-corrected chi connectivity index (χ1v) is 6.52. The molecule has 2 rings (SSSR count). The standard InChI is InChI=1S/C12H14Cl2N4O/c1-18-7-10(17-8-18)6-15-2-3-19-12-11(14)4-9(13)5-16-12/h4-5,7-8,15H,2-3,6H2,1H3. The van der Waals surface area contributed by atoms with Gasteiger partial charge < -0.3 is 14.6 Å². The van der Waals surface area contributed by atoms with Gasteiger partial charge in [-0.05, 0) is 6.07 Å². The van der Waals surface area contributed by atoms with Crippen molar-refractivity contribution < 1.29 is 4.74 Å². The summed E-state index contributed by atoms with van der Waals surface area (Å²) >= 11 is 11.7. The Morgan fingerprint density at radius 2 is 2.21 bits per heavy atom. The van der Waals surface area contributed by atoms with E-state index in [1.54, 1.807) is 12.4 Å². The SMILES string of the molecule is Cn1cnc(CNCCOc2ncc(Cl)cc2Cl)c1. The molecule has 5 nitrogen and oxygen atoms in total. The van der Waals surface area contributed by atoms with E-state index < -0.39 is 0 Å². The molecule has 0 saturated carbocycles. The molecule has 2 aromatic heterocycles. The van der Waals surface area contributed by atoms with E-state index in [0.29, 0.717) is 35.6 Å². The number of ether oxygens (including phenoxy) is 1. The van der Waals surface area contributed by atoms with Crippen molar-refractivity contribution in [3.8, 4) is 5.88 Å². The lowest BCUT2D eigenvalue weighted by atomic mass is 10.4. The van der Waals surface area contributed by atoms with Gasteiger partial charge in [0.1, 0.15) is 11.6 Å². The molecule has 102 valence electrons. The van der Waals surface area contributed by atoms with Gasteiger partial charge in [-0.2, -0.15) is 0 Å². The van der Waals surface area contributed by atoms with E-state index in [-0.39, 0.29) is 0 Å². The zero-order valence-electron chi connectivity index (χ0n) is 10.4. The Morgan fingerprint density at radius 3 is 2.89 bits per heavy atom. The fourth-order valence-electron chi connectivity index (χ4n) is 1.50. The van der Waals surface area contributed by atoms with Crippen LogP contribution in [0.15, 0.2) is 24.8 Å². The Bertz CT molecular complexity index is 544. The number of hydrogen-bond acceptors (Lipinski definition) is 4. The van der Waals surface area contributed by atoms with E-state index in [2.05, 4.69) is 15.3 Å². The maximum atomic E-state index is 5.94. The highest BCUT2D eigenvalue weighted by Crippen LogP contribution is 2.24. The molecule has 0 spiro atoms. The van der Waals surface area contributed by atoms with Crippen LogP contribution in [0.3, 0.4) is 0 Å². The molecule has 2 aromatic rings. The molecule has 0 fully saturated rings. The predicted octanol–water partition coefficient (Wildman–Crippen LogP) is 2.29. The molecule has 0 radical (unpaired) electrons. The van der Waals surface area contributed by atoms with Crippen molar-refractivity contribution in [3.63, 3.8) is 0 Å². The van der Waals surface area contributed by atoms with Crippen molar-refractivity contribution in [1.29, 1.82) is 0 Å². The summed E-state index contributed by atoms with van der Waals surface area (Å²) in [6, 6.07) is 1.60. The quantitative estimate of drug-likeness (QED) is 0.832. The summed E-state index contributed by atoms with van der Waals surface area (Å²) in [5.74, 6) is 0.394. The van der Waals surface area contributed by atoms with Gasteiger partial charge in [0.15, 0.2) is 0 Å². The molecule has 0 aromatic carbocycles. The minimum atomic E-state index is 0.394. The largest absolute Gasteiger partial charge is 0.475 e. The highest BCUT2D eigenvalue weighted by atomic mass is 35.5. The lowest BCUT2D eigenvalue weighted by molar-refractivity contribution is 0.302.